The Balaban J connectivity index is 2.11. The first-order valence-corrected chi connectivity index (χ1v) is 11.4. The zero-order chi connectivity index (χ0) is 14.8. The number of amides is 1. The molecule has 0 aliphatic carbocycles. The van der Waals surface area contributed by atoms with Crippen LogP contribution in [0.5, 0.6) is 0 Å². The van der Waals surface area contributed by atoms with Crippen LogP contribution in [-0.4, -0.2) is 32.2 Å². The quantitative estimate of drug-likeness (QED) is 0.656. The standard InChI is InChI=1S/C14H22N2O2SSi/c1-15-14(17)12-9-13-11(5-7-19-13)16(12)10-18-6-8-20(2,3)4/h5,7,9H,6,8,10H2,1-4H3,(H,15,17). The fraction of sp³-hybridized carbons (Fsp3) is 0.500. The number of ether oxygens (including phenoxy) is 1. The summed E-state index contributed by atoms with van der Waals surface area (Å²) in [5, 5.41) is 4.72. The van der Waals surface area contributed by atoms with Gasteiger partial charge in [-0.05, 0) is 23.6 Å². The lowest BCUT2D eigenvalue weighted by Crippen LogP contribution is -2.24. The summed E-state index contributed by atoms with van der Waals surface area (Å²) in [4.78, 5) is 11.9. The summed E-state index contributed by atoms with van der Waals surface area (Å²) in [6.07, 6.45) is 0. The number of rotatable bonds is 6. The number of hydrogen-bond donors (Lipinski definition) is 1. The van der Waals surface area contributed by atoms with Crippen LogP contribution in [-0.2, 0) is 11.5 Å². The van der Waals surface area contributed by atoms with Crippen LogP contribution < -0.4 is 5.32 Å². The SMILES string of the molecule is CNC(=O)c1cc2sccc2n1COCC[Si](C)(C)C. The van der Waals surface area contributed by atoms with Gasteiger partial charge < -0.3 is 14.6 Å². The van der Waals surface area contributed by atoms with E-state index >= 15 is 0 Å². The second-order valence-electron chi connectivity index (χ2n) is 6.05. The molecule has 2 heterocycles. The minimum absolute atomic E-state index is 0.0674. The van der Waals surface area contributed by atoms with Gasteiger partial charge in [-0.15, -0.1) is 11.3 Å². The lowest BCUT2D eigenvalue weighted by Gasteiger charge is -2.16. The fourth-order valence-corrected chi connectivity index (χ4v) is 3.55. The normalized spacial score (nSPS) is 12.0. The van der Waals surface area contributed by atoms with Crippen molar-refractivity contribution in [3.8, 4) is 0 Å². The Morgan fingerprint density at radius 2 is 2.20 bits per heavy atom. The topological polar surface area (TPSA) is 43.3 Å². The van der Waals surface area contributed by atoms with E-state index in [-0.39, 0.29) is 5.91 Å². The molecule has 0 saturated heterocycles. The largest absolute Gasteiger partial charge is 0.361 e. The maximum Gasteiger partial charge on any atom is 0.267 e. The predicted molar refractivity (Wildman–Crippen MR) is 87.3 cm³/mol. The number of aromatic nitrogens is 1. The first-order chi connectivity index (χ1) is 9.42. The van der Waals surface area contributed by atoms with Crippen molar-refractivity contribution in [1.29, 1.82) is 0 Å². The fourth-order valence-electron chi connectivity index (χ4n) is 1.97. The summed E-state index contributed by atoms with van der Waals surface area (Å²) in [7, 11) is 0.579. The third-order valence-electron chi connectivity index (χ3n) is 3.20. The molecule has 4 nitrogen and oxygen atoms in total. The van der Waals surface area contributed by atoms with Crippen molar-refractivity contribution in [3.63, 3.8) is 0 Å². The first-order valence-electron chi connectivity index (χ1n) is 6.79. The van der Waals surface area contributed by atoms with Crippen LogP contribution in [0.4, 0.5) is 0 Å². The molecule has 2 aromatic rings. The Morgan fingerprint density at radius 3 is 2.85 bits per heavy atom. The van der Waals surface area contributed by atoms with Crippen molar-refractivity contribution in [2.45, 2.75) is 32.4 Å². The molecule has 0 saturated carbocycles. The zero-order valence-electron chi connectivity index (χ0n) is 12.5. The Kier molecular flexibility index (Phi) is 4.67. The van der Waals surface area contributed by atoms with Crippen LogP contribution >= 0.6 is 11.3 Å². The number of hydrogen-bond acceptors (Lipinski definition) is 3. The molecule has 0 aromatic carbocycles. The van der Waals surface area contributed by atoms with E-state index in [0.717, 1.165) is 22.9 Å². The highest BCUT2D eigenvalue weighted by Crippen LogP contribution is 2.25. The highest BCUT2D eigenvalue weighted by atomic mass is 32.1. The van der Waals surface area contributed by atoms with Crippen molar-refractivity contribution in [2.24, 2.45) is 0 Å². The van der Waals surface area contributed by atoms with E-state index in [4.69, 9.17) is 4.74 Å². The number of thiophene rings is 1. The van der Waals surface area contributed by atoms with Crippen molar-refractivity contribution in [3.05, 3.63) is 23.2 Å². The third-order valence-corrected chi connectivity index (χ3v) is 5.76. The number of carbonyl (C=O) groups excluding carboxylic acids is 1. The molecule has 0 aliphatic heterocycles. The lowest BCUT2D eigenvalue weighted by molar-refractivity contribution is 0.0816. The molecular formula is C14H22N2O2SSi. The maximum atomic E-state index is 11.9. The van der Waals surface area contributed by atoms with Crippen molar-refractivity contribution >= 4 is 35.5 Å². The summed E-state index contributed by atoms with van der Waals surface area (Å²) in [5.41, 5.74) is 1.74. The average molecular weight is 310 g/mol. The van der Waals surface area contributed by atoms with Crippen LogP contribution in [0.15, 0.2) is 17.5 Å². The molecule has 0 fully saturated rings. The summed E-state index contributed by atoms with van der Waals surface area (Å²) in [6, 6.07) is 5.10. The maximum absolute atomic E-state index is 11.9. The summed E-state index contributed by atoms with van der Waals surface area (Å²) in [6.45, 7) is 8.19. The minimum atomic E-state index is -1.07. The minimum Gasteiger partial charge on any atom is -0.361 e. The molecule has 0 spiro atoms. The molecule has 110 valence electrons. The Hall–Kier alpha value is -1.11. The molecule has 0 radical (unpaired) electrons. The third kappa shape index (κ3) is 3.50. The van der Waals surface area contributed by atoms with Gasteiger partial charge in [0, 0.05) is 21.7 Å². The van der Waals surface area contributed by atoms with Crippen LogP contribution in [0.1, 0.15) is 10.5 Å². The van der Waals surface area contributed by atoms with Gasteiger partial charge in [-0.3, -0.25) is 4.79 Å². The number of fused-ring (bicyclic) bond motifs is 1. The van der Waals surface area contributed by atoms with Gasteiger partial charge in [-0.25, -0.2) is 0 Å². The van der Waals surface area contributed by atoms with Crippen molar-refractivity contribution in [1.82, 2.24) is 9.88 Å². The van der Waals surface area contributed by atoms with Crippen LogP contribution in [0.2, 0.25) is 25.7 Å². The van der Waals surface area contributed by atoms with Gasteiger partial charge in [0.15, 0.2) is 0 Å². The molecule has 6 heteroatoms. The average Bonchev–Trinajstić information content (AvgIpc) is 2.93. The van der Waals surface area contributed by atoms with E-state index in [1.54, 1.807) is 18.4 Å². The van der Waals surface area contributed by atoms with Gasteiger partial charge in [0.25, 0.3) is 5.91 Å². The Labute approximate surface area is 124 Å². The molecule has 2 rings (SSSR count). The van der Waals surface area contributed by atoms with E-state index in [9.17, 15) is 4.79 Å². The molecule has 1 N–H and O–H groups in total. The van der Waals surface area contributed by atoms with E-state index in [0.29, 0.717) is 12.4 Å². The lowest BCUT2D eigenvalue weighted by atomic mass is 10.4. The molecule has 0 aliphatic rings. The smallest absolute Gasteiger partial charge is 0.267 e. The second kappa shape index (κ2) is 6.11. The first kappa shape index (κ1) is 15.3. The van der Waals surface area contributed by atoms with E-state index < -0.39 is 8.07 Å². The van der Waals surface area contributed by atoms with Gasteiger partial charge in [0.05, 0.1) is 10.2 Å². The van der Waals surface area contributed by atoms with Crippen LogP contribution in [0.25, 0.3) is 10.2 Å². The highest BCUT2D eigenvalue weighted by molar-refractivity contribution is 7.17. The second-order valence-corrected chi connectivity index (χ2v) is 12.6. The van der Waals surface area contributed by atoms with Gasteiger partial charge >= 0.3 is 0 Å². The molecule has 20 heavy (non-hydrogen) atoms. The summed E-state index contributed by atoms with van der Waals surface area (Å²) >= 11 is 1.64. The molecule has 0 bridgehead atoms. The predicted octanol–water partition coefficient (Wildman–Crippen LogP) is 3.37. The van der Waals surface area contributed by atoms with Crippen molar-refractivity contribution in [2.75, 3.05) is 13.7 Å². The monoisotopic (exact) mass is 310 g/mol. The van der Waals surface area contributed by atoms with Gasteiger partial charge in [-0.2, -0.15) is 0 Å². The zero-order valence-corrected chi connectivity index (χ0v) is 14.3. The van der Waals surface area contributed by atoms with E-state index in [2.05, 4.69) is 25.0 Å². The molecule has 0 atom stereocenters. The summed E-state index contributed by atoms with van der Waals surface area (Å²) < 4.78 is 8.87. The molecular weight excluding hydrogens is 288 g/mol. The molecule has 1 amide bonds. The van der Waals surface area contributed by atoms with E-state index in [1.807, 2.05) is 22.1 Å². The van der Waals surface area contributed by atoms with E-state index in [1.165, 1.54) is 0 Å². The molecule has 2 aromatic heterocycles. The summed E-state index contributed by atoms with van der Waals surface area (Å²) in [5.74, 6) is -0.0674. The van der Waals surface area contributed by atoms with Gasteiger partial charge in [0.2, 0.25) is 0 Å². The highest BCUT2D eigenvalue weighted by Gasteiger charge is 2.16. The number of carbonyl (C=O) groups is 1. The molecule has 0 unspecified atom stereocenters. The number of nitrogens with one attached hydrogen (secondary N) is 1. The van der Waals surface area contributed by atoms with Crippen LogP contribution in [0.3, 0.4) is 0 Å². The Bertz CT molecular complexity index is 598. The van der Waals surface area contributed by atoms with Crippen LogP contribution in [0, 0.1) is 0 Å². The number of nitrogens with zero attached hydrogens (tertiary/aromatic N) is 1. The van der Waals surface area contributed by atoms with Gasteiger partial charge in [0.1, 0.15) is 12.4 Å². The Morgan fingerprint density at radius 1 is 1.45 bits per heavy atom. The van der Waals surface area contributed by atoms with Gasteiger partial charge in [-0.1, -0.05) is 19.6 Å². The van der Waals surface area contributed by atoms with Crippen molar-refractivity contribution < 1.29 is 9.53 Å².